The van der Waals surface area contributed by atoms with E-state index in [1.54, 1.807) is 7.11 Å². The summed E-state index contributed by atoms with van der Waals surface area (Å²) in [4.78, 5) is 4.58. The van der Waals surface area contributed by atoms with E-state index in [0.717, 1.165) is 12.2 Å². The quantitative estimate of drug-likeness (QED) is 0.744. The minimum atomic E-state index is 0.515. The number of nitrogens with two attached hydrogens (primary N) is 1. The van der Waals surface area contributed by atoms with E-state index in [1.165, 1.54) is 16.7 Å². The maximum Gasteiger partial charge on any atom is 0.122 e. The molecule has 0 saturated carbocycles. The van der Waals surface area contributed by atoms with E-state index in [9.17, 15) is 0 Å². The molecule has 0 aromatic heterocycles. The molecule has 0 aliphatic carbocycles. The largest absolute Gasteiger partial charge is 0.496 e. The van der Waals surface area contributed by atoms with E-state index < -0.39 is 0 Å². The zero-order valence-electron chi connectivity index (χ0n) is 8.96. The van der Waals surface area contributed by atoms with Crippen molar-refractivity contribution in [3.05, 3.63) is 28.8 Å². The lowest BCUT2D eigenvalue weighted by Gasteiger charge is -2.13. The third-order valence-corrected chi connectivity index (χ3v) is 2.52. The summed E-state index contributed by atoms with van der Waals surface area (Å²) in [6, 6.07) is 4.04. The molecule has 0 aliphatic heterocycles. The first-order valence-corrected chi connectivity index (χ1v) is 4.65. The Kier molecular flexibility index (Phi) is 3.92. The molecule has 0 amide bonds. The van der Waals surface area contributed by atoms with Crippen molar-refractivity contribution < 1.29 is 9.57 Å². The highest BCUT2D eigenvalue weighted by atomic mass is 16.6. The predicted octanol–water partition coefficient (Wildman–Crippen LogP) is 1.74. The molecule has 1 aromatic carbocycles. The normalized spacial score (nSPS) is 10.3. The standard InChI is InChI=1S/C11H17NO2/c1-8-4-5-11(13-3)10(9(8)2)6-7-14-12/h4-5H,6-7,12H2,1-3H3. The van der Waals surface area contributed by atoms with Crippen LogP contribution < -0.4 is 10.6 Å². The highest BCUT2D eigenvalue weighted by Gasteiger charge is 2.07. The van der Waals surface area contributed by atoms with Crippen LogP contribution >= 0.6 is 0 Å². The minimum Gasteiger partial charge on any atom is -0.496 e. The van der Waals surface area contributed by atoms with Gasteiger partial charge in [0, 0.05) is 6.42 Å². The van der Waals surface area contributed by atoms with Crippen LogP contribution in [0.2, 0.25) is 0 Å². The molecule has 0 saturated heterocycles. The molecule has 14 heavy (non-hydrogen) atoms. The second-order valence-corrected chi connectivity index (χ2v) is 3.31. The van der Waals surface area contributed by atoms with Crippen LogP contribution in [-0.4, -0.2) is 13.7 Å². The summed E-state index contributed by atoms with van der Waals surface area (Å²) >= 11 is 0. The first-order valence-electron chi connectivity index (χ1n) is 4.65. The van der Waals surface area contributed by atoms with Gasteiger partial charge in [0.05, 0.1) is 13.7 Å². The molecule has 0 bridgehead atoms. The lowest BCUT2D eigenvalue weighted by molar-refractivity contribution is 0.140. The summed E-state index contributed by atoms with van der Waals surface area (Å²) < 4.78 is 5.28. The third kappa shape index (κ3) is 2.25. The highest BCUT2D eigenvalue weighted by Crippen LogP contribution is 2.24. The number of hydrogen-bond acceptors (Lipinski definition) is 3. The van der Waals surface area contributed by atoms with Crippen molar-refractivity contribution >= 4 is 0 Å². The first-order chi connectivity index (χ1) is 6.70. The average Bonchev–Trinajstić information content (AvgIpc) is 2.20. The Labute approximate surface area is 84.8 Å². The predicted molar refractivity (Wildman–Crippen MR) is 56.3 cm³/mol. The molecular formula is C11H17NO2. The topological polar surface area (TPSA) is 44.5 Å². The number of rotatable bonds is 4. The smallest absolute Gasteiger partial charge is 0.122 e. The van der Waals surface area contributed by atoms with Crippen LogP contribution in [0.4, 0.5) is 0 Å². The van der Waals surface area contributed by atoms with Gasteiger partial charge < -0.3 is 9.57 Å². The van der Waals surface area contributed by atoms with Gasteiger partial charge in [-0.05, 0) is 36.6 Å². The average molecular weight is 195 g/mol. The monoisotopic (exact) mass is 195 g/mol. The Morgan fingerprint density at radius 1 is 1.29 bits per heavy atom. The summed E-state index contributed by atoms with van der Waals surface area (Å²) in [6.45, 7) is 4.69. The van der Waals surface area contributed by atoms with Crippen molar-refractivity contribution in [1.82, 2.24) is 0 Å². The summed E-state index contributed by atoms with van der Waals surface area (Å²) in [5.74, 6) is 5.92. The Bertz CT molecular complexity index is 310. The van der Waals surface area contributed by atoms with Gasteiger partial charge in [-0.1, -0.05) is 6.07 Å². The van der Waals surface area contributed by atoms with E-state index in [-0.39, 0.29) is 0 Å². The van der Waals surface area contributed by atoms with E-state index in [1.807, 2.05) is 6.07 Å². The van der Waals surface area contributed by atoms with Crippen molar-refractivity contribution in [2.24, 2.45) is 5.90 Å². The summed E-state index contributed by atoms with van der Waals surface area (Å²) in [6.07, 6.45) is 0.785. The Balaban J connectivity index is 3.01. The molecule has 3 nitrogen and oxygen atoms in total. The van der Waals surface area contributed by atoms with E-state index in [2.05, 4.69) is 24.8 Å². The van der Waals surface area contributed by atoms with Gasteiger partial charge in [0.25, 0.3) is 0 Å². The van der Waals surface area contributed by atoms with Crippen LogP contribution in [0.3, 0.4) is 0 Å². The number of methoxy groups -OCH3 is 1. The van der Waals surface area contributed by atoms with Crippen molar-refractivity contribution in [3.8, 4) is 5.75 Å². The molecule has 2 N–H and O–H groups in total. The number of aryl methyl sites for hydroxylation is 1. The van der Waals surface area contributed by atoms with Crippen LogP contribution in [0, 0.1) is 13.8 Å². The third-order valence-electron chi connectivity index (χ3n) is 2.52. The molecular weight excluding hydrogens is 178 g/mol. The SMILES string of the molecule is COc1ccc(C)c(C)c1CCON. The van der Waals surface area contributed by atoms with Crippen LogP contribution in [0.25, 0.3) is 0 Å². The molecule has 3 heteroatoms. The van der Waals surface area contributed by atoms with Gasteiger partial charge in [0.2, 0.25) is 0 Å². The number of benzene rings is 1. The van der Waals surface area contributed by atoms with Crippen molar-refractivity contribution in [2.75, 3.05) is 13.7 Å². The molecule has 78 valence electrons. The van der Waals surface area contributed by atoms with Crippen molar-refractivity contribution in [1.29, 1.82) is 0 Å². The van der Waals surface area contributed by atoms with Crippen LogP contribution in [-0.2, 0) is 11.3 Å². The fourth-order valence-corrected chi connectivity index (χ4v) is 1.51. The highest BCUT2D eigenvalue weighted by molar-refractivity contribution is 5.44. The molecule has 0 atom stereocenters. The Hall–Kier alpha value is -1.06. The number of hydrogen-bond donors (Lipinski definition) is 1. The summed E-state index contributed by atoms with van der Waals surface area (Å²) in [5, 5.41) is 0. The lowest BCUT2D eigenvalue weighted by Crippen LogP contribution is -2.06. The van der Waals surface area contributed by atoms with Crippen LogP contribution in [0.1, 0.15) is 16.7 Å². The molecule has 0 unspecified atom stereocenters. The van der Waals surface area contributed by atoms with Crippen molar-refractivity contribution in [2.45, 2.75) is 20.3 Å². The Morgan fingerprint density at radius 2 is 2.00 bits per heavy atom. The van der Waals surface area contributed by atoms with E-state index in [4.69, 9.17) is 10.6 Å². The maximum absolute atomic E-state index is 5.28. The number of ether oxygens (including phenoxy) is 1. The van der Waals surface area contributed by atoms with E-state index >= 15 is 0 Å². The maximum atomic E-state index is 5.28. The molecule has 0 fully saturated rings. The molecule has 0 radical (unpaired) electrons. The van der Waals surface area contributed by atoms with Gasteiger partial charge in [-0.25, -0.2) is 5.90 Å². The van der Waals surface area contributed by atoms with Gasteiger partial charge in [-0.3, -0.25) is 0 Å². The molecule has 1 aromatic rings. The zero-order chi connectivity index (χ0) is 10.6. The van der Waals surface area contributed by atoms with Gasteiger partial charge in [-0.15, -0.1) is 0 Å². The minimum absolute atomic E-state index is 0.515. The van der Waals surface area contributed by atoms with Gasteiger partial charge >= 0.3 is 0 Å². The fraction of sp³-hybridized carbons (Fsp3) is 0.455. The summed E-state index contributed by atoms with van der Waals surface area (Å²) in [7, 11) is 1.68. The first kappa shape index (κ1) is 11.0. The van der Waals surface area contributed by atoms with E-state index in [0.29, 0.717) is 6.61 Å². The van der Waals surface area contributed by atoms with Crippen LogP contribution in [0.15, 0.2) is 12.1 Å². The molecule has 0 aliphatic rings. The molecule has 0 heterocycles. The molecule has 0 spiro atoms. The Morgan fingerprint density at radius 3 is 2.57 bits per heavy atom. The van der Waals surface area contributed by atoms with Gasteiger partial charge in [0.15, 0.2) is 0 Å². The van der Waals surface area contributed by atoms with Gasteiger partial charge in [0.1, 0.15) is 5.75 Å². The fourth-order valence-electron chi connectivity index (χ4n) is 1.51. The summed E-state index contributed by atoms with van der Waals surface area (Å²) in [5.41, 5.74) is 3.69. The second kappa shape index (κ2) is 4.98. The van der Waals surface area contributed by atoms with Crippen molar-refractivity contribution in [3.63, 3.8) is 0 Å². The second-order valence-electron chi connectivity index (χ2n) is 3.31. The van der Waals surface area contributed by atoms with Gasteiger partial charge in [-0.2, -0.15) is 0 Å². The zero-order valence-corrected chi connectivity index (χ0v) is 8.96. The lowest BCUT2D eigenvalue weighted by atomic mass is 10.00. The molecule has 1 rings (SSSR count). The van der Waals surface area contributed by atoms with Crippen LogP contribution in [0.5, 0.6) is 5.75 Å².